The van der Waals surface area contributed by atoms with Crippen LogP contribution >= 0.6 is 0 Å². The Bertz CT molecular complexity index is 104. The largest absolute Gasteiger partial charge is 0.303 e. The van der Waals surface area contributed by atoms with E-state index in [0.29, 0.717) is 11.8 Å². The van der Waals surface area contributed by atoms with Crippen LogP contribution in [0.3, 0.4) is 0 Å². The van der Waals surface area contributed by atoms with Crippen LogP contribution in [0.25, 0.3) is 0 Å². The smallest absolute Gasteiger partial charge is 0.123 e. The van der Waals surface area contributed by atoms with E-state index in [9.17, 15) is 4.79 Å². The molecular formula is C8H12O. The Morgan fingerprint density at radius 1 is 1.33 bits per heavy atom. The highest BCUT2D eigenvalue weighted by Gasteiger charge is 2.21. The fourth-order valence-corrected chi connectivity index (χ4v) is 1.39. The number of carbonyl (C=O) groups is 1. The molecule has 9 heavy (non-hydrogen) atoms. The lowest BCUT2D eigenvalue weighted by molar-refractivity contribution is -0.110. The zero-order valence-electron chi connectivity index (χ0n) is 5.55. The molecule has 1 aliphatic rings. The van der Waals surface area contributed by atoms with Gasteiger partial charge < -0.3 is 4.79 Å². The standard InChI is InChI=1S/C8H12O/c1-2-7-3-4-8(5-7)6-9/h2,6-8H,1,3-5H2. The second-order valence-corrected chi connectivity index (χ2v) is 2.70. The summed E-state index contributed by atoms with van der Waals surface area (Å²) in [6, 6.07) is 0. The lowest BCUT2D eigenvalue weighted by Gasteiger charge is -1.97. The molecule has 0 heterocycles. The zero-order chi connectivity index (χ0) is 6.69. The minimum atomic E-state index is 0.327. The van der Waals surface area contributed by atoms with E-state index in [1.165, 1.54) is 0 Å². The second-order valence-electron chi connectivity index (χ2n) is 2.70. The number of hydrogen-bond donors (Lipinski definition) is 0. The van der Waals surface area contributed by atoms with Gasteiger partial charge in [-0.15, -0.1) is 6.58 Å². The highest BCUT2D eigenvalue weighted by Crippen LogP contribution is 2.29. The van der Waals surface area contributed by atoms with Gasteiger partial charge in [0.2, 0.25) is 0 Å². The first-order chi connectivity index (χ1) is 4.36. The van der Waals surface area contributed by atoms with Crippen LogP contribution in [0.1, 0.15) is 19.3 Å². The minimum Gasteiger partial charge on any atom is -0.303 e. The van der Waals surface area contributed by atoms with Gasteiger partial charge in [-0.2, -0.15) is 0 Å². The first-order valence-electron chi connectivity index (χ1n) is 3.44. The van der Waals surface area contributed by atoms with Crippen molar-refractivity contribution in [1.82, 2.24) is 0 Å². The van der Waals surface area contributed by atoms with Crippen LogP contribution in [0.5, 0.6) is 0 Å². The van der Waals surface area contributed by atoms with Gasteiger partial charge in [-0.1, -0.05) is 6.08 Å². The quantitative estimate of drug-likeness (QED) is 0.405. The number of carbonyl (C=O) groups excluding carboxylic acids is 1. The molecule has 0 aliphatic heterocycles. The van der Waals surface area contributed by atoms with Crippen LogP contribution in [0.15, 0.2) is 12.7 Å². The third kappa shape index (κ3) is 1.41. The maximum absolute atomic E-state index is 10.2. The molecule has 1 rings (SSSR count). The normalized spacial score (nSPS) is 34.2. The second kappa shape index (κ2) is 2.81. The molecule has 0 aromatic heterocycles. The molecule has 0 radical (unpaired) electrons. The van der Waals surface area contributed by atoms with Gasteiger partial charge >= 0.3 is 0 Å². The molecule has 2 atom stereocenters. The number of rotatable bonds is 2. The van der Waals surface area contributed by atoms with Crippen molar-refractivity contribution in [3.05, 3.63) is 12.7 Å². The van der Waals surface area contributed by atoms with Crippen molar-refractivity contribution in [2.24, 2.45) is 11.8 Å². The third-order valence-electron chi connectivity index (χ3n) is 2.04. The summed E-state index contributed by atoms with van der Waals surface area (Å²) in [5, 5.41) is 0. The van der Waals surface area contributed by atoms with Crippen molar-refractivity contribution in [3.8, 4) is 0 Å². The van der Waals surface area contributed by atoms with Crippen molar-refractivity contribution in [2.75, 3.05) is 0 Å². The molecule has 0 N–H and O–H groups in total. The Balaban J connectivity index is 2.36. The molecule has 0 aromatic carbocycles. The summed E-state index contributed by atoms with van der Waals surface area (Å²) in [7, 11) is 0. The Labute approximate surface area is 55.8 Å². The lowest BCUT2D eigenvalue weighted by atomic mass is 10.1. The maximum Gasteiger partial charge on any atom is 0.123 e. The summed E-state index contributed by atoms with van der Waals surface area (Å²) in [4.78, 5) is 10.2. The Kier molecular flexibility index (Phi) is 2.04. The maximum atomic E-state index is 10.2. The van der Waals surface area contributed by atoms with Crippen LogP contribution in [0.2, 0.25) is 0 Å². The highest BCUT2D eigenvalue weighted by atomic mass is 16.1. The molecule has 50 valence electrons. The average molecular weight is 124 g/mol. The first kappa shape index (κ1) is 6.53. The van der Waals surface area contributed by atoms with Gasteiger partial charge in [-0.25, -0.2) is 0 Å². The van der Waals surface area contributed by atoms with E-state index in [4.69, 9.17) is 0 Å². The van der Waals surface area contributed by atoms with Gasteiger partial charge in [-0.3, -0.25) is 0 Å². The van der Waals surface area contributed by atoms with Crippen molar-refractivity contribution < 1.29 is 4.79 Å². The van der Waals surface area contributed by atoms with E-state index in [1.54, 1.807) is 0 Å². The fraction of sp³-hybridized carbons (Fsp3) is 0.625. The van der Waals surface area contributed by atoms with Crippen molar-refractivity contribution in [2.45, 2.75) is 19.3 Å². The Hall–Kier alpha value is -0.590. The summed E-state index contributed by atoms with van der Waals surface area (Å²) in [5.41, 5.74) is 0. The molecule has 2 unspecified atom stereocenters. The molecule has 0 spiro atoms. The number of aldehydes is 1. The molecule has 0 bridgehead atoms. The van der Waals surface area contributed by atoms with Gasteiger partial charge in [0.05, 0.1) is 0 Å². The van der Waals surface area contributed by atoms with Gasteiger partial charge in [0.1, 0.15) is 6.29 Å². The molecule has 0 saturated heterocycles. The average Bonchev–Trinajstić information content (AvgIpc) is 2.34. The number of allylic oxidation sites excluding steroid dienone is 1. The zero-order valence-corrected chi connectivity index (χ0v) is 5.55. The minimum absolute atomic E-state index is 0.327. The van der Waals surface area contributed by atoms with Gasteiger partial charge in [0, 0.05) is 5.92 Å². The third-order valence-corrected chi connectivity index (χ3v) is 2.04. The Morgan fingerprint density at radius 3 is 2.33 bits per heavy atom. The summed E-state index contributed by atoms with van der Waals surface area (Å²) in [5.74, 6) is 0.938. The predicted octanol–water partition coefficient (Wildman–Crippen LogP) is 1.79. The predicted molar refractivity (Wildman–Crippen MR) is 37.1 cm³/mol. The molecule has 1 fully saturated rings. The topological polar surface area (TPSA) is 17.1 Å². The summed E-state index contributed by atoms with van der Waals surface area (Å²) in [6.07, 6.45) is 6.30. The number of hydrogen-bond acceptors (Lipinski definition) is 1. The van der Waals surface area contributed by atoms with Crippen molar-refractivity contribution in [3.63, 3.8) is 0 Å². The van der Waals surface area contributed by atoms with Gasteiger partial charge in [-0.05, 0) is 25.2 Å². The molecule has 0 aromatic rings. The van der Waals surface area contributed by atoms with Crippen LogP contribution in [-0.4, -0.2) is 6.29 Å². The summed E-state index contributed by atoms with van der Waals surface area (Å²) >= 11 is 0. The van der Waals surface area contributed by atoms with Crippen LogP contribution < -0.4 is 0 Å². The molecular weight excluding hydrogens is 112 g/mol. The molecule has 1 heteroatoms. The van der Waals surface area contributed by atoms with E-state index in [-0.39, 0.29) is 0 Å². The SMILES string of the molecule is C=CC1CCC(C=O)C1. The molecule has 1 saturated carbocycles. The summed E-state index contributed by atoms with van der Waals surface area (Å²) < 4.78 is 0. The first-order valence-corrected chi connectivity index (χ1v) is 3.44. The van der Waals surface area contributed by atoms with E-state index in [0.717, 1.165) is 25.5 Å². The van der Waals surface area contributed by atoms with Crippen LogP contribution in [0.4, 0.5) is 0 Å². The van der Waals surface area contributed by atoms with Crippen molar-refractivity contribution in [1.29, 1.82) is 0 Å². The van der Waals surface area contributed by atoms with Gasteiger partial charge in [0.15, 0.2) is 0 Å². The fourth-order valence-electron chi connectivity index (χ4n) is 1.39. The van der Waals surface area contributed by atoms with E-state index in [2.05, 4.69) is 6.58 Å². The molecule has 1 nitrogen and oxygen atoms in total. The Morgan fingerprint density at radius 2 is 2.00 bits per heavy atom. The lowest BCUT2D eigenvalue weighted by Crippen LogP contribution is -1.94. The van der Waals surface area contributed by atoms with Crippen LogP contribution in [0, 0.1) is 11.8 Å². The highest BCUT2D eigenvalue weighted by molar-refractivity contribution is 5.54. The van der Waals surface area contributed by atoms with Crippen molar-refractivity contribution >= 4 is 6.29 Å². The van der Waals surface area contributed by atoms with E-state index >= 15 is 0 Å². The van der Waals surface area contributed by atoms with Crippen LogP contribution in [-0.2, 0) is 4.79 Å². The van der Waals surface area contributed by atoms with E-state index < -0.39 is 0 Å². The monoisotopic (exact) mass is 124 g/mol. The van der Waals surface area contributed by atoms with E-state index in [1.807, 2.05) is 6.08 Å². The molecule has 1 aliphatic carbocycles. The molecule has 0 amide bonds. The summed E-state index contributed by atoms with van der Waals surface area (Å²) in [6.45, 7) is 3.70. The van der Waals surface area contributed by atoms with Gasteiger partial charge in [0.25, 0.3) is 0 Å².